The summed E-state index contributed by atoms with van der Waals surface area (Å²) in [5.41, 5.74) is 2.69. The van der Waals surface area contributed by atoms with Gasteiger partial charge >= 0.3 is 0 Å². The van der Waals surface area contributed by atoms with Crippen molar-refractivity contribution in [3.05, 3.63) is 41.0 Å². The van der Waals surface area contributed by atoms with Gasteiger partial charge in [0.2, 0.25) is 11.8 Å². The summed E-state index contributed by atoms with van der Waals surface area (Å²) in [5, 5.41) is 4.79. The predicted molar refractivity (Wildman–Crippen MR) is 114 cm³/mol. The third-order valence-electron chi connectivity index (χ3n) is 4.79. The summed E-state index contributed by atoms with van der Waals surface area (Å²) in [4.78, 5) is 37.0. The SMILES string of the molecule is Cc1sc2ncnc(SCC(=O)Nc3cccc(N4CCCC4=O)c3)c2c1C. The Balaban J connectivity index is 1.44. The summed E-state index contributed by atoms with van der Waals surface area (Å²) in [6.07, 6.45) is 3.01. The summed E-state index contributed by atoms with van der Waals surface area (Å²) in [7, 11) is 0. The standard InChI is InChI=1S/C20H20N4O2S2/c1-12-13(2)28-20-18(12)19(21-11-22-20)27-10-16(25)23-14-5-3-6-15(9-14)24-8-4-7-17(24)26/h3,5-6,9,11H,4,7-8,10H2,1-2H3,(H,23,25). The first-order valence-corrected chi connectivity index (χ1v) is 10.9. The molecule has 1 aliphatic heterocycles. The fourth-order valence-corrected chi connectivity index (χ4v) is 5.18. The number of nitrogens with one attached hydrogen (secondary N) is 1. The number of benzene rings is 1. The lowest BCUT2D eigenvalue weighted by atomic mass is 10.2. The molecule has 1 fully saturated rings. The monoisotopic (exact) mass is 412 g/mol. The smallest absolute Gasteiger partial charge is 0.234 e. The molecular formula is C20H20N4O2S2. The van der Waals surface area contributed by atoms with Crippen molar-refractivity contribution in [3.63, 3.8) is 0 Å². The maximum Gasteiger partial charge on any atom is 0.234 e. The number of aromatic nitrogens is 2. The van der Waals surface area contributed by atoms with Gasteiger partial charge in [-0.05, 0) is 44.0 Å². The first-order valence-electron chi connectivity index (χ1n) is 9.06. The van der Waals surface area contributed by atoms with Gasteiger partial charge in [0.15, 0.2) is 0 Å². The van der Waals surface area contributed by atoms with E-state index < -0.39 is 0 Å². The van der Waals surface area contributed by atoms with Gasteiger partial charge in [0.1, 0.15) is 16.2 Å². The molecule has 2 aromatic heterocycles. The van der Waals surface area contributed by atoms with E-state index in [0.717, 1.165) is 33.9 Å². The number of rotatable bonds is 5. The minimum atomic E-state index is -0.105. The zero-order chi connectivity index (χ0) is 19.7. The number of hydrogen-bond acceptors (Lipinski definition) is 6. The molecule has 3 heterocycles. The molecule has 0 spiro atoms. The molecule has 2 amide bonds. The first-order chi connectivity index (χ1) is 13.5. The molecule has 1 N–H and O–H groups in total. The number of nitrogens with zero attached hydrogens (tertiary/aromatic N) is 3. The number of thiophene rings is 1. The normalized spacial score (nSPS) is 14.1. The van der Waals surface area contributed by atoms with Gasteiger partial charge in [0, 0.05) is 34.6 Å². The highest BCUT2D eigenvalue weighted by molar-refractivity contribution is 8.00. The van der Waals surface area contributed by atoms with Crippen molar-refractivity contribution in [2.24, 2.45) is 0 Å². The highest BCUT2D eigenvalue weighted by atomic mass is 32.2. The van der Waals surface area contributed by atoms with Gasteiger partial charge in [-0.1, -0.05) is 17.8 Å². The molecule has 0 bridgehead atoms. The molecule has 0 atom stereocenters. The van der Waals surface area contributed by atoms with Crippen molar-refractivity contribution in [2.75, 3.05) is 22.5 Å². The average Bonchev–Trinajstić information content (AvgIpc) is 3.24. The van der Waals surface area contributed by atoms with Crippen LogP contribution in [0.4, 0.5) is 11.4 Å². The van der Waals surface area contributed by atoms with Crippen LogP contribution in [0.25, 0.3) is 10.2 Å². The third-order valence-corrected chi connectivity index (χ3v) is 6.89. The van der Waals surface area contributed by atoms with Crippen molar-refractivity contribution < 1.29 is 9.59 Å². The van der Waals surface area contributed by atoms with Crippen LogP contribution in [0.15, 0.2) is 35.6 Å². The van der Waals surface area contributed by atoms with Crippen LogP contribution in [0.2, 0.25) is 0 Å². The highest BCUT2D eigenvalue weighted by Crippen LogP contribution is 2.34. The Morgan fingerprint density at radius 2 is 2.18 bits per heavy atom. The molecule has 6 nitrogen and oxygen atoms in total. The van der Waals surface area contributed by atoms with Crippen LogP contribution in [0.3, 0.4) is 0 Å². The van der Waals surface area contributed by atoms with E-state index in [0.29, 0.717) is 12.1 Å². The number of aryl methyl sites for hydroxylation is 2. The van der Waals surface area contributed by atoms with E-state index in [9.17, 15) is 9.59 Å². The number of hydrogen-bond donors (Lipinski definition) is 1. The van der Waals surface area contributed by atoms with E-state index in [4.69, 9.17) is 0 Å². The Labute approximate surface area is 171 Å². The minimum absolute atomic E-state index is 0.105. The zero-order valence-electron chi connectivity index (χ0n) is 15.7. The molecule has 8 heteroatoms. The number of fused-ring (bicyclic) bond motifs is 1. The fourth-order valence-electron chi connectivity index (χ4n) is 3.26. The first kappa shape index (κ1) is 18.9. The lowest BCUT2D eigenvalue weighted by molar-refractivity contribution is -0.117. The van der Waals surface area contributed by atoms with Crippen LogP contribution in [-0.2, 0) is 9.59 Å². The van der Waals surface area contributed by atoms with E-state index in [1.807, 2.05) is 24.3 Å². The van der Waals surface area contributed by atoms with Crippen molar-refractivity contribution >= 4 is 56.5 Å². The highest BCUT2D eigenvalue weighted by Gasteiger charge is 2.22. The average molecular weight is 413 g/mol. The Hall–Kier alpha value is -2.45. The topological polar surface area (TPSA) is 75.2 Å². The minimum Gasteiger partial charge on any atom is -0.325 e. The largest absolute Gasteiger partial charge is 0.325 e. The van der Waals surface area contributed by atoms with Gasteiger partial charge in [0.05, 0.1) is 5.75 Å². The van der Waals surface area contributed by atoms with Gasteiger partial charge in [0.25, 0.3) is 0 Å². The van der Waals surface area contributed by atoms with Crippen LogP contribution < -0.4 is 10.2 Å². The van der Waals surface area contributed by atoms with Gasteiger partial charge < -0.3 is 10.2 Å². The summed E-state index contributed by atoms with van der Waals surface area (Å²) in [5.74, 6) is 0.285. The Kier molecular flexibility index (Phi) is 5.32. The second-order valence-corrected chi connectivity index (χ2v) is 8.85. The van der Waals surface area contributed by atoms with Gasteiger partial charge in [-0.2, -0.15) is 0 Å². The molecule has 1 saturated heterocycles. The fraction of sp³-hybridized carbons (Fsp3) is 0.300. The summed E-state index contributed by atoms with van der Waals surface area (Å²) < 4.78 is 0. The molecule has 4 rings (SSSR count). The predicted octanol–water partition coefficient (Wildman–Crippen LogP) is 4.17. The molecule has 1 aromatic carbocycles. The van der Waals surface area contributed by atoms with Crippen LogP contribution in [0, 0.1) is 13.8 Å². The second-order valence-electron chi connectivity index (χ2n) is 6.68. The zero-order valence-corrected chi connectivity index (χ0v) is 17.3. The van der Waals surface area contributed by atoms with Crippen LogP contribution in [-0.4, -0.2) is 34.1 Å². The maximum absolute atomic E-state index is 12.5. The van der Waals surface area contributed by atoms with Crippen LogP contribution in [0.1, 0.15) is 23.3 Å². The van der Waals surface area contributed by atoms with Gasteiger partial charge in [-0.15, -0.1) is 11.3 Å². The Bertz CT molecular complexity index is 1060. The van der Waals surface area contributed by atoms with Crippen molar-refractivity contribution in [1.82, 2.24) is 9.97 Å². The quantitative estimate of drug-likeness (QED) is 0.503. The molecule has 28 heavy (non-hydrogen) atoms. The summed E-state index contributed by atoms with van der Waals surface area (Å²) in [6.45, 7) is 4.86. The second kappa shape index (κ2) is 7.89. The Morgan fingerprint density at radius 1 is 1.32 bits per heavy atom. The maximum atomic E-state index is 12.5. The summed E-state index contributed by atoms with van der Waals surface area (Å²) >= 11 is 3.06. The number of amides is 2. The molecule has 0 radical (unpaired) electrons. The van der Waals surface area contributed by atoms with Gasteiger partial charge in [-0.25, -0.2) is 9.97 Å². The van der Waals surface area contributed by atoms with E-state index in [1.54, 1.807) is 22.6 Å². The molecule has 0 aliphatic carbocycles. The van der Waals surface area contributed by atoms with Gasteiger partial charge in [-0.3, -0.25) is 9.59 Å². The van der Waals surface area contributed by atoms with E-state index in [1.165, 1.54) is 22.2 Å². The lowest BCUT2D eigenvalue weighted by Crippen LogP contribution is -2.23. The van der Waals surface area contributed by atoms with E-state index in [-0.39, 0.29) is 17.6 Å². The summed E-state index contributed by atoms with van der Waals surface area (Å²) in [6, 6.07) is 7.44. The van der Waals surface area contributed by atoms with Crippen molar-refractivity contribution in [3.8, 4) is 0 Å². The molecule has 3 aromatic rings. The lowest BCUT2D eigenvalue weighted by Gasteiger charge is -2.16. The molecule has 144 valence electrons. The molecule has 1 aliphatic rings. The van der Waals surface area contributed by atoms with Crippen LogP contribution >= 0.6 is 23.1 Å². The van der Waals surface area contributed by atoms with Crippen molar-refractivity contribution in [1.29, 1.82) is 0 Å². The van der Waals surface area contributed by atoms with E-state index in [2.05, 4.69) is 29.1 Å². The molecular weight excluding hydrogens is 392 g/mol. The number of thioether (sulfide) groups is 1. The number of anilines is 2. The third kappa shape index (κ3) is 3.74. The molecule has 0 saturated carbocycles. The van der Waals surface area contributed by atoms with Crippen LogP contribution in [0.5, 0.6) is 0 Å². The number of carbonyl (C=O) groups is 2. The van der Waals surface area contributed by atoms with E-state index >= 15 is 0 Å². The molecule has 0 unspecified atom stereocenters. The van der Waals surface area contributed by atoms with Crippen molar-refractivity contribution in [2.45, 2.75) is 31.7 Å². The number of carbonyl (C=O) groups excluding carboxylic acids is 2. The Morgan fingerprint density at radius 3 is 2.96 bits per heavy atom.